The van der Waals surface area contributed by atoms with Crippen LogP contribution in [0.4, 0.5) is 0 Å². The highest BCUT2D eigenvalue weighted by Gasteiger charge is 2.24. The Morgan fingerprint density at radius 2 is 2.50 bits per heavy atom. The smallest absolute Gasteiger partial charge is 0.312 e. The molecule has 0 saturated heterocycles. The molecule has 0 fully saturated rings. The molecule has 1 aromatic heterocycles. The fraction of sp³-hybridized carbons (Fsp3) is 0.333. The van der Waals surface area contributed by atoms with E-state index in [0.29, 0.717) is 21.5 Å². The maximum absolute atomic E-state index is 10.8. The minimum atomic E-state index is -0.928. The third-order valence-electron chi connectivity index (χ3n) is 1.77. The van der Waals surface area contributed by atoms with Crippen molar-refractivity contribution < 1.29 is 9.90 Å². The number of hydrogen-bond donors (Lipinski definition) is 1. The van der Waals surface area contributed by atoms with Gasteiger partial charge in [0.1, 0.15) is 10.3 Å². The molecular weight excluding hydrogens is 222 g/mol. The van der Waals surface area contributed by atoms with Gasteiger partial charge in [0.2, 0.25) is 0 Å². The number of carbonyl (C=O) groups is 1. The highest BCUT2D eigenvalue weighted by Crippen LogP contribution is 2.31. The van der Waals surface area contributed by atoms with E-state index in [1.54, 1.807) is 6.92 Å². The lowest BCUT2D eigenvalue weighted by atomic mass is 10.0. The molecule has 1 heterocycles. The lowest BCUT2D eigenvalue weighted by Crippen LogP contribution is -2.11. The number of carboxylic acid groups (broad SMARTS) is 1. The van der Waals surface area contributed by atoms with Gasteiger partial charge in [-0.05, 0) is 12.3 Å². The van der Waals surface area contributed by atoms with Crippen molar-refractivity contribution in [2.24, 2.45) is 0 Å². The van der Waals surface area contributed by atoms with Crippen LogP contribution in [-0.2, 0) is 4.79 Å². The van der Waals surface area contributed by atoms with Crippen molar-refractivity contribution in [2.45, 2.75) is 19.3 Å². The summed E-state index contributed by atoms with van der Waals surface area (Å²) in [6.07, 6.45) is 5.59. The standard InChI is InChI=1S/C9H8ClNO2S/c1-3-5(9(12)13)7-8(10)14-6(4-2)11-7/h2,5H,3H2,1H3,(H,12,13). The SMILES string of the molecule is C#Cc1nc(C(CC)C(=O)O)c(Cl)s1. The van der Waals surface area contributed by atoms with E-state index in [1.165, 1.54) is 0 Å². The molecule has 1 aromatic rings. The van der Waals surface area contributed by atoms with E-state index in [1.807, 2.05) is 0 Å². The van der Waals surface area contributed by atoms with Crippen LogP contribution in [0.15, 0.2) is 0 Å². The Bertz CT molecular complexity index is 394. The summed E-state index contributed by atoms with van der Waals surface area (Å²) in [5.41, 5.74) is 0.375. The Morgan fingerprint density at radius 3 is 2.86 bits per heavy atom. The van der Waals surface area contributed by atoms with Crippen LogP contribution in [0.2, 0.25) is 4.34 Å². The second-order valence-corrected chi connectivity index (χ2v) is 4.22. The van der Waals surface area contributed by atoms with Crippen LogP contribution in [0.25, 0.3) is 0 Å². The summed E-state index contributed by atoms with van der Waals surface area (Å²) in [7, 11) is 0. The van der Waals surface area contributed by atoms with Gasteiger partial charge in [-0.2, -0.15) is 0 Å². The summed E-state index contributed by atoms with van der Waals surface area (Å²) in [6.45, 7) is 1.77. The van der Waals surface area contributed by atoms with Crippen molar-refractivity contribution in [3.63, 3.8) is 0 Å². The molecule has 3 nitrogen and oxygen atoms in total. The van der Waals surface area contributed by atoms with Gasteiger partial charge in [0, 0.05) is 0 Å². The molecule has 1 unspecified atom stereocenters. The second-order valence-electron chi connectivity index (χ2n) is 2.62. The van der Waals surface area contributed by atoms with E-state index >= 15 is 0 Å². The minimum absolute atomic E-state index is 0.368. The number of halogens is 1. The van der Waals surface area contributed by atoms with E-state index in [2.05, 4.69) is 10.9 Å². The highest BCUT2D eigenvalue weighted by atomic mass is 35.5. The number of carboxylic acids is 1. The minimum Gasteiger partial charge on any atom is -0.481 e. The zero-order valence-electron chi connectivity index (χ0n) is 7.45. The summed E-state index contributed by atoms with van der Waals surface area (Å²) in [5.74, 6) is 0.743. The second kappa shape index (κ2) is 4.45. The topological polar surface area (TPSA) is 50.2 Å². The first-order chi connectivity index (χ1) is 6.60. The molecule has 0 aromatic carbocycles. The van der Waals surface area contributed by atoms with Gasteiger partial charge < -0.3 is 5.11 Å². The Balaban J connectivity index is 3.11. The van der Waals surface area contributed by atoms with Gasteiger partial charge in [0.15, 0.2) is 5.01 Å². The summed E-state index contributed by atoms with van der Waals surface area (Å²) in [4.78, 5) is 14.8. The van der Waals surface area contributed by atoms with Crippen LogP contribution in [0, 0.1) is 12.3 Å². The highest BCUT2D eigenvalue weighted by molar-refractivity contribution is 7.16. The maximum atomic E-state index is 10.8. The van der Waals surface area contributed by atoms with Gasteiger partial charge in [-0.25, -0.2) is 4.98 Å². The Labute approximate surface area is 90.7 Å². The number of nitrogens with zero attached hydrogens (tertiary/aromatic N) is 1. The molecule has 1 atom stereocenters. The van der Waals surface area contributed by atoms with Crippen molar-refractivity contribution >= 4 is 28.9 Å². The average Bonchev–Trinajstić information content (AvgIpc) is 2.48. The first kappa shape index (κ1) is 11.0. The molecule has 1 N–H and O–H groups in total. The fourth-order valence-corrected chi connectivity index (χ4v) is 2.13. The van der Waals surface area contributed by atoms with Crippen LogP contribution < -0.4 is 0 Å². The third-order valence-corrected chi connectivity index (χ3v) is 2.99. The normalized spacial score (nSPS) is 12.1. The summed E-state index contributed by atoms with van der Waals surface area (Å²) < 4.78 is 0.368. The number of aliphatic carboxylic acids is 1. The summed E-state index contributed by atoms with van der Waals surface area (Å²) in [6, 6.07) is 0. The molecule has 74 valence electrons. The van der Waals surface area contributed by atoms with Crippen LogP contribution in [0.3, 0.4) is 0 Å². The zero-order valence-corrected chi connectivity index (χ0v) is 9.02. The van der Waals surface area contributed by atoms with Crippen LogP contribution in [-0.4, -0.2) is 16.1 Å². The largest absolute Gasteiger partial charge is 0.481 e. The van der Waals surface area contributed by atoms with E-state index in [9.17, 15) is 4.79 Å². The van der Waals surface area contributed by atoms with Crippen LogP contribution in [0.5, 0.6) is 0 Å². The molecule has 0 saturated carbocycles. The maximum Gasteiger partial charge on any atom is 0.312 e. The van der Waals surface area contributed by atoms with E-state index in [-0.39, 0.29) is 0 Å². The molecule has 14 heavy (non-hydrogen) atoms. The van der Waals surface area contributed by atoms with Crippen molar-refractivity contribution in [1.29, 1.82) is 0 Å². The first-order valence-electron chi connectivity index (χ1n) is 3.95. The van der Waals surface area contributed by atoms with Crippen molar-refractivity contribution in [3.8, 4) is 12.3 Å². The third kappa shape index (κ3) is 2.06. The first-order valence-corrected chi connectivity index (χ1v) is 5.15. The number of hydrogen-bond acceptors (Lipinski definition) is 3. The van der Waals surface area contributed by atoms with E-state index < -0.39 is 11.9 Å². The van der Waals surface area contributed by atoms with E-state index in [4.69, 9.17) is 23.1 Å². The van der Waals surface area contributed by atoms with Crippen molar-refractivity contribution in [3.05, 3.63) is 15.0 Å². The monoisotopic (exact) mass is 229 g/mol. The predicted octanol–water partition coefficient (Wildman–Crippen LogP) is 2.36. The van der Waals surface area contributed by atoms with Crippen molar-refractivity contribution in [1.82, 2.24) is 4.98 Å². The number of aromatic nitrogens is 1. The van der Waals surface area contributed by atoms with Gasteiger partial charge >= 0.3 is 5.97 Å². The molecule has 0 spiro atoms. The van der Waals surface area contributed by atoms with Crippen LogP contribution >= 0.6 is 22.9 Å². The van der Waals surface area contributed by atoms with Gasteiger partial charge in [-0.15, -0.1) is 6.42 Å². The molecular formula is C9H8ClNO2S. The molecule has 0 amide bonds. The summed E-state index contributed by atoms with van der Waals surface area (Å²) >= 11 is 6.97. The van der Waals surface area contributed by atoms with Gasteiger partial charge in [0.25, 0.3) is 0 Å². The zero-order chi connectivity index (χ0) is 10.7. The molecule has 0 bridgehead atoms. The lowest BCUT2D eigenvalue weighted by molar-refractivity contribution is -0.138. The molecule has 0 radical (unpaired) electrons. The van der Waals surface area contributed by atoms with Crippen molar-refractivity contribution in [2.75, 3.05) is 0 Å². The molecule has 0 aliphatic rings. The lowest BCUT2D eigenvalue weighted by Gasteiger charge is -2.05. The predicted molar refractivity (Wildman–Crippen MR) is 55.7 cm³/mol. The fourth-order valence-electron chi connectivity index (χ4n) is 1.07. The van der Waals surface area contributed by atoms with E-state index in [0.717, 1.165) is 11.3 Å². The van der Waals surface area contributed by atoms with Gasteiger partial charge in [-0.1, -0.05) is 29.9 Å². The van der Waals surface area contributed by atoms with Crippen LogP contribution in [0.1, 0.15) is 30.0 Å². The quantitative estimate of drug-likeness (QED) is 0.810. The Hall–Kier alpha value is -1.05. The molecule has 0 aliphatic heterocycles. The van der Waals surface area contributed by atoms with Gasteiger partial charge in [0.05, 0.1) is 5.69 Å². The Kier molecular flexibility index (Phi) is 3.50. The molecule has 1 rings (SSSR count). The number of terminal acetylenes is 1. The molecule has 5 heteroatoms. The molecule has 0 aliphatic carbocycles. The number of thiazole rings is 1. The van der Waals surface area contributed by atoms with Gasteiger partial charge in [-0.3, -0.25) is 4.79 Å². The summed E-state index contributed by atoms with van der Waals surface area (Å²) in [5, 5.41) is 9.31. The Morgan fingerprint density at radius 1 is 1.86 bits per heavy atom. The average molecular weight is 230 g/mol. The number of rotatable bonds is 3.